The number of aromatic nitrogens is 2. The van der Waals surface area contributed by atoms with E-state index in [0.29, 0.717) is 19.7 Å². The van der Waals surface area contributed by atoms with E-state index in [4.69, 9.17) is 4.74 Å². The molecular weight excluding hydrogens is 380 g/mol. The van der Waals surface area contributed by atoms with Crippen LogP contribution in [-0.4, -0.2) is 41.5 Å². The van der Waals surface area contributed by atoms with Crippen LogP contribution in [0.3, 0.4) is 0 Å². The Hall–Kier alpha value is -3.35. The third kappa shape index (κ3) is 4.45. The molecule has 2 amide bonds. The number of anilines is 1. The van der Waals surface area contributed by atoms with Gasteiger partial charge in [0.2, 0.25) is 11.8 Å². The van der Waals surface area contributed by atoms with E-state index < -0.39 is 0 Å². The second kappa shape index (κ2) is 8.98. The van der Waals surface area contributed by atoms with Gasteiger partial charge in [0, 0.05) is 31.6 Å². The van der Waals surface area contributed by atoms with Crippen LogP contribution in [0.4, 0.5) is 5.69 Å². The van der Waals surface area contributed by atoms with E-state index >= 15 is 0 Å². The molecular formula is C23H26N4O3. The Labute approximate surface area is 175 Å². The van der Waals surface area contributed by atoms with Crippen LogP contribution in [0.5, 0.6) is 5.75 Å². The number of fused-ring (bicyclic) bond motifs is 1. The standard InChI is InChI=1S/C23H26N4O3/c1-2-30-18-11-9-17(10-12-18)27-15-16(14-22(27)28)23(29)24-13-5-8-21-25-19-6-3-4-7-20(19)26-21/h3-4,6-7,9-12,16H,2,5,8,13-15H2,1H3,(H,24,29)(H,25,26)/t16-/m1/s1. The lowest BCUT2D eigenvalue weighted by molar-refractivity contribution is -0.126. The number of hydrogen-bond donors (Lipinski definition) is 2. The lowest BCUT2D eigenvalue weighted by Crippen LogP contribution is -2.33. The van der Waals surface area contributed by atoms with Gasteiger partial charge in [-0.2, -0.15) is 0 Å². The summed E-state index contributed by atoms with van der Waals surface area (Å²) in [5, 5.41) is 2.97. The molecule has 1 aromatic heterocycles. The van der Waals surface area contributed by atoms with Crippen LogP contribution in [0.25, 0.3) is 11.0 Å². The number of nitrogens with zero attached hydrogens (tertiary/aromatic N) is 2. The molecule has 1 aliphatic heterocycles. The lowest BCUT2D eigenvalue weighted by atomic mass is 10.1. The SMILES string of the molecule is CCOc1ccc(N2C[C@H](C(=O)NCCCc3nc4ccccc4[nH]3)CC2=O)cc1. The van der Waals surface area contributed by atoms with E-state index in [1.54, 1.807) is 4.90 Å². The molecule has 0 spiro atoms. The van der Waals surface area contributed by atoms with Crippen LogP contribution in [0.15, 0.2) is 48.5 Å². The van der Waals surface area contributed by atoms with Gasteiger partial charge in [-0.3, -0.25) is 9.59 Å². The van der Waals surface area contributed by atoms with Crippen LogP contribution in [0, 0.1) is 5.92 Å². The molecule has 4 rings (SSSR count). The molecule has 1 fully saturated rings. The van der Waals surface area contributed by atoms with E-state index in [-0.39, 0.29) is 24.2 Å². The number of H-pyrrole nitrogens is 1. The number of imidazole rings is 1. The van der Waals surface area contributed by atoms with Gasteiger partial charge in [0.05, 0.1) is 23.6 Å². The summed E-state index contributed by atoms with van der Waals surface area (Å²) in [5.74, 6) is 1.27. The number of benzene rings is 2. The minimum atomic E-state index is -0.324. The van der Waals surface area contributed by atoms with Gasteiger partial charge in [-0.05, 0) is 49.7 Å². The molecule has 2 N–H and O–H groups in total. The molecule has 0 saturated carbocycles. The summed E-state index contributed by atoms with van der Waals surface area (Å²) in [7, 11) is 0. The fourth-order valence-electron chi connectivity index (χ4n) is 3.76. The number of ether oxygens (including phenoxy) is 1. The van der Waals surface area contributed by atoms with Crippen molar-refractivity contribution in [1.82, 2.24) is 15.3 Å². The molecule has 0 aliphatic carbocycles. The van der Waals surface area contributed by atoms with E-state index in [0.717, 1.165) is 41.1 Å². The predicted molar refractivity (Wildman–Crippen MR) is 115 cm³/mol. The summed E-state index contributed by atoms with van der Waals surface area (Å²) in [5.41, 5.74) is 2.77. The third-order valence-electron chi connectivity index (χ3n) is 5.28. The molecule has 1 aliphatic rings. The van der Waals surface area contributed by atoms with Crippen molar-refractivity contribution < 1.29 is 14.3 Å². The first kappa shape index (κ1) is 19.9. The Morgan fingerprint density at radius 2 is 2.03 bits per heavy atom. The molecule has 0 bridgehead atoms. The summed E-state index contributed by atoms with van der Waals surface area (Å²) in [4.78, 5) is 34.4. The zero-order valence-electron chi connectivity index (χ0n) is 17.1. The van der Waals surface area contributed by atoms with Gasteiger partial charge in [0.1, 0.15) is 11.6 Å². The minimum absolute atomic E-state index is 0.0263. The number of amides is 2. The van der Waals surface area contributed by atoms with Gasteiger partial charge in [-0.1, -0.05) is 12.1 Å². The molecule has 1 atom stereocenters. The van der Waals surface area contributed by atoms with Crippen molar-refractivity contribution in [1.29, 1.82) is 0 Å². The van der Waals surface area contributed by atoms with Gasteiger partial charge >= 0.3 is 0 Å². The summed E-state index contributed by atoms with van der Waals surface area (Å²) in [6, 6.07) is 15.3. The first-order valence-electron chi connectivity index (χ1n) is 10.4. The molecule has 156 valence electrons. The number of nitrogens with one attached hydrogen (secondary N) is 2. The Bertz CT molecular complexity index is 995. The predicted octanol–water partition coefficient (Wildman–Crippen LogP) is 3.06. The topological polar surface area (TPSA) is 87.3 Å². The number of rotatable bonds is 8. The molecule has 30 heavy (non-hydrogen) atoms. The number of carbonyl (C=O) groups is 2. The zero-order valence-corrected chi connectivity index (χ0v) is 17.1. The Morgan fingerprint density at radius 3 is 2.80 bits per heavy atom. The molecule has 0 unspecified atom stereocenters. The molecule has 7 heteroatoms. The van der Waals surface area contributed by atoms with Crippen molar-refractivity contribution in [3.05, 3.63) is 54.4 Å². The Balaban J connectivity index is 1.25. The summed E-state index contributed by atoms with van der Waals surface area (Å²) in [6.45, 7) is 3.49. The zero-order chi connectivity index (χ0) is 20.9. The highest BCUT2D eigenvalue weighted by Crippen LogP contribution is 2.27. The normalized spacial score (nSPS) is 16.2. The lowest BCUT2D eigenvalue weighted by Gasteiger charge is -2.17. The second-order valence-corrected chi connectivity index (χ2v) is 7.43. The maximum atomic E-state index is 12.5. The van der Waals surface area contributed by atoms with Gasteiger partial charge in [-0.15, -0.1) is 0 Å². The minimum Gasteiger partial charge on any atom is -0.494 e. The molecule has 0 radical (unpaired) electrons. The first-order chi connectivity index (χ1) is 14.6. The number of carbonyl (C=O) groups excluding carboxylic acids is 2. The second-order valence-electron chi connectivity index (χ2n) is 7.43. The highest BCUT2D eigenvalue weighted by Gasteiger charge is 2.34. The van der Waals surface area contributed by atoms with Crippen LogP contribution >= 0.6 is 0 Å². The Morgan fingerprint density at radius 1 is 1.23 bits per heavy atom. The maximum Gasteiger partial charge on any atom is 0.227 e. The maximum absolute atomic E-state index is 12.5. The fourth-order valence-corrected chi connectivity index (χ4v) is 3.76. The molecule has 1 saturated heterocycles. The highest BCUT2D eigenvalue weighted by molar-refractivity contribution is 6.00. The number of aromatic amines is 1. The van der Waals surface area contributed by atoms with E-state index in [9.17, 15) is 9.59 Å². The first-order valence-corrected chi connectivity index (χ1v) is 10.4. The van der Waals surface area contributed by atoms with E-state index in [1.807, 2.05) is 55.5 Å². The Kier molecular flexibility index (Phi) is 5.97. The van der Waals surface area contributed by atoms with Crippen LogP contribution in [0.2, 0.25) is 0 Å². The van der Waals surface area contributed by atoms with Crippen molar-refractivity contribution in [2.75, 3.05) is 24.6 Å². The van der Waals surface area contributed by atoms with Crippen LogP contribution < -0.4 is 15.0 Å². The molecule has 7 nitrogen and oxygen atoms in total. The number of hydrogen-bond acceptors (Lipinski definition) is 4. The summed E-state index contributed by atoms with van der Waals surface area (Å²) in [6.07, 6.45) is 1.79. The largest absolute Gasteiger partial charge is 0.494 e. The van der Waals surface area contributed by atoms with E-state index in [1.165, 1.54) is 0 Å². The quantitative estimate of drug-likeness (QED) is 0.563. The average molecular weight is 406 g/mol. The average Bonchev–Trinajstić information content (AvgIpc) is 3.35. The van der Waals surface area contributed by atoms with Crippen molar-refractivity contribution >= 4 is 28.5 Å². The third-order valence-corrected chi connectivity index (χ3v) is 5.28. The van der Waals surface area contributed by atoms with Crippen molar-refractivity contribution in [3.63, 3.8) is 0 Å². The molecule has 3 aromatic rings. The monoisotopic (exact) mass is 406 g/mol. The van der Waals surface area contributed by atoms with Crippen molar-refractivity contribution in [2.45, 2.75) is 26.2 Å². The number of para-hydroxylation sites is 2. The van der Waals surface area contributed by atoms with Gasteiger partial charge in [0.25, 0.3) is 0 Å². The molecule has 2 heterocycles. The number of aryl methyl sites for hydroxylation is 1. The summed E-state index contributed by atoms with van der Waals surface area (Å²) < 4.78 is 5.44. The van der Waals surface area contributed by atoms with E-state index in [2.05, 4.69) is 15.3 Å². The fraction of sp³-hybridized carbons (Fsp3) is 0.348. The van der Waals surface area contributed by atoms with Crippen LogP contribution in [0.1, 0.15) is 25.6 Å². The highest BCUT2D eigenvalue weighted by atomic mass is 16.5. The smallest absolute Gasteiger partial charge is 0.227 e. The van der Waals surface area contributed by atoms with Gasteiger partial charge < -0.3 is 19.9 Å². The summed E-state index contributed by atoms with van der Waals surface area (Å²) >= 11 is 0. The van der Waals surface area contributed by atoms with Crippen molar-refractivity contribution in [2.24, 2.45) is 5.92 Å². The van der Waals surface area contributed by atoms with Crippen molar-refractivity contribution in [3.8, 4) is 5.75 Å². The molecule has 2 aromatic carbocycles. The van der Waals surface area contributed by atoms with Crippen LogP contribution in [-0.2, 0) is 16.0 Å². The van der Waals surface area contributed by atoms with Gasteiger partial charge in [0.15, 0.2) is 0 Å². The van der Waals surface area contributed by atoms with Gasteiger partial charge in [-0.25, -0.2) is 4.98 Å².